The molecule has 0 saturated carbocycles. The summed E-state index contributed by atoms with van der Waals surface area (Å²) in [5.74, 6) is 0.0904. The molecule has 0 bridgehead atoms. The van der Waals surface area contributed by atoms with Crippen LogP contribution in [0.25, 0.3) is 0 Å². The average Bonchev–Trinajstić information content (AvgIpc) is 2.95. The highest BCUT2D eigenvalue weighted by Crippen LogP contribution is 2.24. The zero-order valence-corrected chi connectivity index (χ0v) is 14.5. The van der Waals surface area contributed by atoms with Crippen LogP contribution < -0.4 is 5.32 Å². The second-order valence-corrected chi connectivity index (χ2v) is 7.14. The third-order valence-electron chi connectivity index (χ3n) is 4.84. The van der Waals surface area contributed by atoms with Gasteiger partial charge in [0.1, 0.15) is 0 Å². The quantitative estimate of drug-likeness (QED) is 0.816. The molecule has 0 unspecified atom stereocenters. The van der Waals surface area contributed by atoms with Gasteiger partial charge in [-0.3, -0.25) is 9.69 Å². The molecule has 2 aliphatic heterocycles. The summed E-state index contributed by atoms with van der Waals surface area (Å²) in [6, 6.07) is 8.23. The molecule has 2 aliphatic rings. The van der Waals surface area contributed by atoms with Gasteiger partial charge in [0.2, 0.25) is 5.91 Å². The van der Waals surface area contributed by atoms with Gasteiger partial charge < -0.3 is 15.2 Å². The van der Waals surface area contributed by atoms with Crippen molar-refractivity contribution in [3.05, 3.63) is 34.9 Å². The molecule has 5 nitrogen and oxygen atoms in total. The summed E-state index contributed by atoms with van der Waals surface area (Å²) in [4.78, 5) is 14.6. The van der Waals surface area contributed by atoms with Crippen LogP contribution in [0.5, 0.6) is 0 Å². The van der Waals surface area contributed by atoms with Crippen molar-refractivity contribution in [3.63, 3.8) is 0 Å². The number of halogens is 1. The number of nitrogens with one attached hydrogen (secondary N) is 1. The fourth-order valence-electron chi connectivity index (χ4n) is 3.62. The highest BCUT2D eigenvalue weighted by atomic mass is 35.5. The van der Waals surface area contributed by atoms with E-state index in [1.165, 1.54) is 0 Å². The molecule has 0 aliphatic carbocycles. The van der Waals surface area contributed by atoms with E-state index in [0.717, 1.165) is 25.1 Å². The fraction of sp³-hybridized carbons (Fsp3) is 0.611. The van der Waals surface area contributed by atoms with Gasteiger partial charge in [0.25, 0.3) is 0 Å². The number of nitrogens with zero attached hydrogens (tertiary/aromatic N) is 1. The first-order chi connectivity index (χ1) is 11.6. The van der Waals surface area contributed by atoms with Gasteiger partial charge in [0.05, 0.1) is 12.7 Å². The number of benzene rings is 1. The van der Waals surface area contributed by atoms with E-state index in [1.54, 1.807) is 0 Å². The van der Waals surface area contributed by atoms with Gasteiger partial charge in [-0.1, -0.05) is 23.7 Å². The highest BCUT2D eigenvalue weighted by Gasteiger charge is 2.37. The number of amides is 1. The van der Waals surface area contributed by atoms with Gasteiger partial charge in [-0.15, -0.1) is 0 Å². The molecule has 132 valence electrons. The monoisotopic (exact) mass is 352 g/mol. The first kappa shape index (κ1) is 17.7. The van der Waals surface area contributed by atoms with Gasteiger partial charge >= 0.3 is 0 Å². The van der Waals surface area contributed by atoms with Crippen LogP contribution in [-0.4, -0.2) is 60.4 Å². The number of hydrogen-bond donors (Lipinski definition) is 2. The first-order valence-electron chi connectivity index (χ1n) is 8.64. The van der Waals surface area contributed by atoms with Gasteiger partial charge in [-0.2, -0.15) is 0 Å². The molecule has 1 aromatic carbocycles. The Hall–Kier alpha value is -1.14. The number of carbonyl (C=O) groups is 1. The molecule has 0 aromatic heterocycles. The van der Waals surface area contributed by atoms with Crippen LogP contribution in [0, 0.1) is 0 Å². The Bertz CT molecular complexity index is 569. The van der Waals surface area contributed by atoms with E-state index < -0.39 is 0 Å². The van der Waals surface area contributed by atoms with E-state index in [2.05, 4.69) is 10.2 Å². The van der Waals surface area contributed by atoms with E-state index in [-0.39, 0.29) is 24.7 Å². The summed E-state index contributed by atoms with van der Waals surface area (Å²) < 4.78 is 5.78. The highest BCUT2D eigenvalue weighted by molar-refractivity contribution is 6.30. The number of ether oxygens (including phenoxy) is 1. The van der Waals surface area contributed by atoms with E-state index in [9.17, 15) is 4.79 Å². The molecule has 2 heterocycles. The van der Waals surface area contributed by atoms with Crippen LogP contribution in [0.2, 0.25) is 5.02 Å². The lowest BCUT2D eigenvalue weighted by molar-refractivity contribution is -0.121. The normalized spacial score (nSPS) is 27.0. The Balaban J connectivity index is 1.43. The summed E-state index contributed by atoms with van der Waals surface area (Å²) in [6.45, 7) is 2.57. The second kappa shape index (κ2) is 8.30. The summed E-state index contributed by atoms with van der Waals surface area (Å²) in [5, 5.41) is 12.9. The van der Waals surface area contributed by atoms with Crippen LogP contribution >= 0.6 is 11.6 Å². The number of aliphatic hydroxyl groups is 1. The molecular formula is C18H25ClN2O3. The van der Waals surface area contributed by atoms with Gasteiger partial charge in [0, 0.05) is 43.2 Å². The molecule has 2 N–H and O–H groups in total. The Kier molecular flexibility index (Phi) is 6.11. The standard InChI is InChI=1S/C18H25ClN2O3/c19-14-3-1-2-13(8-14)4-5-18(23)20-15-9-16-12-24-17(6-7-22)11-21(16)10-15/h1-3,8,15-17,22H,4-7,9-12H2,(H,20,23)/t15-,16-,17-/m0/s1. The largest absolute Gasteiger partial charge is 0.396 e. The molecule has 3 rings (SSSR count). The van der Waals surface area contributed by atoms with Crippen LogP contribution in [0.4, 0.5) is 0 Å². The molecule has 2 saturated heterocycles. The van der Waals surface area contributed by atoms with Crippen molar-refractivity contribution in [1.82, 2.24) is 10.2 Å². The second-order valence-electron chi connectivity index (χ2n) is 6.71. The van der Waals surface area contributed by atoms with Crippen molar-refractivity contribution in [2.75, 3.05) is 26.3 Å². The molecule has 1 amide bonds. The van der Waals surface area contributed by atoms with Crippen molar-refractivity contribution >= 4 is 17.5 Å². The topological polar surface area (TPSA) is 61.8 Å². The smallest absolute Gasteiger partial charge is 0.220 e. The predicted octanol–water partition coefficient (Wildman–Crippen LogP) is 1.61. The van der Waals surface area contributed by atoms with Crippen LogP contribution in [0.15, 0.2) is 24.3 Å². The van der Waals surface area contributed by atoms with Crippen molar-refractivity contribution in [3.8, 4) is 0 Å². The Labute approximate surface area is 147 Å². The summed E-state index contributed by atoms with van der Waals surface area (Å²) in [5.41, 5.74) is 1.08. The van der Waals surface area contributed by atoms with Crippen molar-refractivity contribution in [2.24, 2.45) is 0 Å². The summed E-state index contributed by atoms with van der Waals surface area (Å²) in [6.07, 6.45) is 2.91. The van der Waals surface area contributed by atoms with Gasteiger partial charge in [-0.05, 0) is 37.0 Å². The molecule has 2 fully saturated rings. The molecule has 1 aromatic rings. The number of carbonyl (C=O) groups excluding carboxylic acids is 1. The fourth-order valence-corrected chi connectivity index (χ4v) is 3.83. The lowest BCUT2D eigenvalue weighted by Gasteiger charge is -2.34. The molecular weight excluding hydrogens is 328 g/mol. The van der Waals surface area contributed by atoms with Crippen LogP contribution in [0.3, 0.4) is 0 Å². The zero-order valence-electron chi connectivity index (χ0n) is 13.8. The van der Waals surface area contributed by atoms with Crippen LogP contribution in [0.1, 0.15) is 24.8 Å². The molecule has 6 heteroatoms. The summed E-state index contributed by atoms with van der Waals surface area (Å²) >= 11 is 5.97. The zero-order chi connectivity index (χ0) is 16.9. The number of fused-ring (bicyclic) bond motifs is 1. The number of rotatable bonds is 6. The number of morpholine rings is 1. The number of hydrogen-bond acceptors (Lipinski definition) is 4. The minimum absolute atomic E-state index is 0.0904. The molecule has 0 spiro atoms. The predicted molar refractivity (Wildman–Crippen MR) is 93.1 cm³/mol. The molecule has 24 heavy (non-hydrogen) atoms. The van der Waals surface area contributed by atoms with Crippen molar-refractivity contribution in [1.29, 1.82) is 0 Å². The van der Waals surface area contributed by atoms with Crippen molar-refractivity contribution in [2.45, 2.75) is 43.9 Å². The molecule has 0 radical (unpaired) electrons. The van der Waals surface area contributed by atoms with Gasteiger partial charge in [0.15, 0.2) is 0 Å². The van der Waals surface area contributed by atoms with Gasteiger partial charge in [-0.25, -0.2) is 0 Å². The Morgan fingerprint density at radius 3 is 3.08 bits per heavy atom. The minimum Gasteiger partial charge on any atom is -0.396 e. The lowest BCUT2D eigenvalue weighted by Crippen LogP contribution is -2.46. The maximum Gasteiger partial charge on any atom is 0.220 e. The Morgan fingerprint density at radius 1 is 1.42 bits per heavy atom. The van der Waals surface area contributed by atoms with E-state index in [0.29, 0.717) is 36.9 Å². The molecule has 3 atom stereocenters. The third-order valence-corrected chi connectivity index (χ3v) is 5.07. The maximum atomic E-state index is 12.2. The van der Waals surface area contributed by atoms with E-state index in [1.807, 2.05) is 24.3 Å². The first-order valence-corrected chi connectivity index (χ1v) is 9.02. The minimum atomic E-state index is 0.0904. The van der Waals surface area contributed by atoms with E-state index in [4.69, 9.17) is 21.4 Å². The summed E-state index contributed by atoms with van der Waals surface area (Å²) in [7, 11) is 0. The SMILES string of the molecule is O=C(CCc1cccc(Cl)c1)N[C@H]1C[C@H]2CO[C@@H](CCO)CN2C1. The lowest BCUT2D eigenvalue weighted by atomic mass is 10.1. The number of aliphatic hydroxyl groups excluding tert-OH is 1. The van der Waals surface area contributed by atoms with Crippen molar-refractivity contribution < 1.29 is 14.6 Å². The average molecular weight is 353 g/mol. The van der Waals surface area contributed by atoms with E-state index >= 15 is 0 Å². The third kappa shape index (κ3) is 4.70. The number of aryl methyl sites for hydroxylation is 1. The maximum absolute atomic E-state index is 12.2. The Morgan fingerprint density at radius 2 is 2.29 bits per heavy atom. The van der Waals surface area contributed by atoms with Crippen LogP contribution in [-0.2, 0) is 16.0 Å².